The number of halogens is 1. The smallest absolute Gasteiger partial charge is 0.188 e. The van der Waals surface area contributed by atoms with Crippen LogP contribution in [0.3, 0.4) is 0 Å². The van der Waals surface area contributed by atoms with Crippen molar-refractivity contribution in [3.8, 4) is 11.5 Å². The molecule has 0 bridgehead atoms. The SMILES string of the molecule is COc1ccc(/C=C2\CN(C(=S)SCc3cn(Cc4ccc(F)cc4)nn3)C/C(=C\c3ccc(OC)cc3)C2=O)cc1. The van der Waals surface area contributed by atoms with Crippen molar-refractivity contribution in [2.24, 2.45) is 0 Å². The van der Waals surface area contributed by atoms with E-state index in [0.29, 0.717) is 40.9 Å². The highest BCUT2D eigenvalue weighted by Crippen LogP contribution is 2.27. The van der Waals surface area contributed by atoms with E-state index in [4.69, 9.17) is 21.7 Å². The molecule has 5 rings (SSSR count). The maximum absolute atomic E-state index is 13.6. The number of thioether (sulfide) groups is 1. The van der Waals surface area contributed by atoms with Crippen molar-refractivity contribution in [2.45, 2.75) is 12.3 Å². The number of carbonyl (C=O) groups excluding carboxylic acids is 1. The molecular formula is C32H29FN4O3S2. The first-order valence-electron chi connectivity index (χ1n) is 13.2. The molecular weight excluding hydrogens is 572 g/mol. The van der Waals surface area contributed by atoms with Crippen molar-refractivity contribution in [1.29, 1.82) is 0 Å². The third-order valence-electron chi connectivity index (χ3n) is 6.66. The van der Waals surface area contributed by atoms with E-state index in [9.17, 15) is 9.18 Å². The van der Waals surface area contributed by atoms with Gasteiger partial charge in [-0.3, -0.25) is 4.79 Å². The van der Waals surface area contributed by atoms with Gasteiger partial charge in [0.05, 0.1) is 26.5 Å². The standard InChI is InChI=1S/C32H29FN4O3S2/c1-39-29-11-5-22(6-12-29)15-25-18-36(19-26(31(25)38)16-23-7-13-30(40-2)14-8-23)32(41)42-21-28-20-37(35-34-28)17-24-3-9-27(33)10-4-24/h3-16,20H,17-19,21H2,1-2H3/b25-15+,26-16+. The van der Waals surface area contributed by atoms with Gasteiger partial charge in [0.2, 0.25) is 0 Å². The predicted molar refractivity (Wildman–Crippen MR) is 168 cm³/mol. The second kappa shape index (κ2) is 13.6. The Bertz CT molecular complexity index is 1550. The zero-order chi connectivity index (χ0) is 29.5. The molecule has 0 N–H and O–H groups in total. The van der Waals surface area contributed by atoms with Crippen molar-refractivity contribution in [3.05, 3.63) is 118 Å². The summed E-state index contributed by atoms with van der Waals surface area (Å²) in [5.41, 5.74) is 4.82. The molecule has 1 fully saturated rings. The molecule has 0 aliphatic carbocycles. The van der Waals surface area contributed by atoms with Gasteiger partial charge < -0.3 is 14.4 Å². The summed E-state index contributed by atoms with van der Waals surface area (Å²) in [6.45, 7) is 1.29. The maximum atomic E-state index is 13.6. The van der Waals surface area contributed by atoms with Crippen molar-refractivity contribution >= 4 is 46.2 Å². The molecule has 42 heavy (non-hydrogen) atoms. The largest absolute Gasteiger partial charge is 0.497 e. The Morgan fingerprint density at radius 3 is 1.98 bits per heavy atom. The Morgan fingerprint density at radius 2 is 1.45 bits per heavy atom. The summed E-state index contributed by atoms with van der Waals surface area (Å²) in [5.74, 6) is 1.75. The average molecular weight is 601 g/mol. The Balaban J connectivity index is 1.32. The number of Topliss-reactive ketones (excluding diaryl/α,β-unsaturated/α-hetero) is 1. The summed E-state index contributed by atoms with van der Waals surface area (Å²) in [6.07, 6.45) is 5.68. The minimum atomic E-state index is -0.272. The van der Waals surface area contributed by atoms with Crippen molar-refractivity contribution in [2.75, 3.05) is 27.3 Å². The van der Waals surface area contributed by atoms with Crippen LogP contribution in [-0.2, 0) is 17.1 Å². The summed E-state index contributed by atoms with van der Waals surface area (Å²) in [5, 5.41) is 8.47. The van der Waals surface area contributed by atoms with Gasteiger partial charge in [0.15, 0.2) is 5.78 Å². The number of ketones is 1. The highest BCUT2D eigenvalue weighted by atomic mass is 32.2. The average Bonchev–Trinajstić information content (AvgIpc) is 3.46. The van der Waals surface area contributed by atoms with Gasteiger partial charge in [0.25, 0.3) is 0 Å². The number of likely N-dealkylation sites (tertiary alicyclic amines) is 1. The normalized spacial score (nSPS) is 15.3. The molecule has 0 atom stereocenters. The molecule has 1 aliphatic rings. The molecule has 0 amide bonds. The fourth-order valence-electron chi connectivity index (χ4n) is 4.46. The molecule has 10 heteroatoms. The van der Waals surface area contributed by atoms with Crippen LogP contribution in [0.5, 0.6) is 11.5 Å². The highest BCUT2D eigenvalue weighted by molar-refractivity contribution is 8.22. The van der Waals surface area contributed by atoms with Gasteiger partial charge in [-0.25, -0.2) is 9.07 Å². The van der Waals surface area contributed by atoms with Crippen LogP contribution in [0.4, 0.5) is 4.39 Å². The van der Waals surface area contributed by atoms with E-state index in [-0.39, 0.29) is 11.6 Å². The lowest BCUT2D eigenvalue weighted by Gasteiger charge is -2.31. The Morgan fingerprint density at radius 1 is 0.905 bits per heavy atom. The van der Waals surface area contributed by atoms with Crippen molar-refractivity contribution in [3.63, 3.8) is 0 Å². The van der Waals surface area contributed by atoms with Crippen LogP contribution in [0.2, 0.25) is 0 Å². The topological polar surface area (TPSA) is 69.5 Å². The molecule has 1 aromatic heterocycles. The van der Waals surface area contributed by atoms with Crippen LogP contribution in [-0.4, -0.2) is 57.3 Å². The first kappa shape index (κ1) is 29.2. The molecule has 1 saturated heterocycles. The van der Waals surface area contributed by atoms with E-state index in [1.54, 1.807) is 31.0 Å². The molecule has 214 valence electrons. The number of carbonyl (C=O) groups is 1. The summed E-state index contributed by atoms with van der Waals surface area (Å²) in [7, 11) is 3.24. The fourth-order valence-corrected chi connectivity index (χ4v) is 5.48. The third-order valence-corrected chi connectivity index (χ3v) is 8.22. The molecule has 1 aliphatic heterocycles. The number of piperidine rings is 1. The van der Waals surface area contributed by atoms with Gasteiger partial charge in [0.1, 0.15) is 21.6 Å². The maximum Gasteiger partial charge on any atom is 0.188 e. The molecule has 4 aromatic rings. The number of nitrogens with zero attached hydrogens (tertiary/aromatic N) is 4. The van der Waals surface area contributed by atoms with E-state index in [1.165, 1.54) is 23.9 Å². The van der Waals surface area contributed by atoms with E-state index < -0.39 is 0 Å². The summed E-state index contributed by atoms with van der Waals surface area (Å²) in [4.78, 5) is 15.6. The van der Waals surface area contributed by atoms with Crippen LogP contribution in [0.25, 0.3) is 12.2 Å². The molecule has 0 spiro atoms. The number of methoxy groups -OCH3 is 2. The van der Waals surface area contributed by atoms with E-state index in [2.05, 4.69) is 10.3 Å². The molecule has 7 nitrogen and oxygen atoms in total. The number of thiocarbonyl (C=S) groups is 1. The minimum Gasteiger partial charge on any atom is -0.497 e. The third kappa shape index (κ3) is 7.51. The van der Waals surface area contributed by atoms with Crippen LogP contribution in [0.15, 0.2) is 90.1 Å². The van der Waals surface area contributed by atoms with Crippen LogP contribution in [0.1, 0.15) is 22.4 Å². The monoisotopic (exact) mass is 600 g/mol. The number of benzene rings is 3. The molecule has 0 radical (unpaired) electrons. The molecule has 3 aromatic carbocycles. The summed E-state index contributed by atoms with van der Waals surface area (Å²) < 4.78 is 26.1. The van der Waals surface area contributed by atoms with E-state index >= 15 is 0 Å². The predicted octanol–water partition coefficient (Wildman–Crippen LogP) is 6.05. The summed E-state index contributed by atoms with van der Waals surface area (Å²) >= 11 is 7.31. The zero-order valence-corrected chi connectivity index (χ0v) is 24.8. The van der Waals surface area contributed by atoms with Crippen LogP contribution < -0.4 is 9.47 Å². The zero-order valence-electron chi connectivity index (χ0n) is 23.2. The van der Waals surface area contributed by atoms with E-state index in [1.807, 2.05) is 71.8 Å². The number of ether oxygens (including phenoxy) is 2. The lowest BCUT2D eigenvalue weighted by atomic mass is 9.94. The summed E-state index contributed by atoms with van der Waals surface area (Å²) in [6, 6.07) is 21.5. The van der Waals surface area contributed by atoms with Crippen LogP contribution in [0, 0.1) is 5.82 Å². The fraction of sp³-hybridized carbons (Fsp3) is 0.188. The Kier molecular flexibility index (Phi) is 9.45. The van der Waals surface area contributed by atoms with Gasteiger partial charge in [-0.2, -0.15) is 0 Å². The minimum absolute atomic E-state index is 0.00516. The highest BCUT2D eigenvalue weighted by Gasteiger charge is 2.28. The van der Waals surface area contributed by atoms with Crippen LogP contribution >= 0.6 is 24.0 Å². The Labute approximate surface area is 253 Å². The first-order chi connectivity index (χ1) is 20.4. The molecule has 0 unspecified atom stereocenters. The lowest BCUT2D eigenvalue weighted by molar-refractivity contribution is -0.113. The second-order valence-corrected chi connectivity index (χ2v) is 11.3. The quantitative estimate of drug-likeness (QED) is 0.179. The number of aromatic nitrogens is 3. The van der Waals surface area contributed by atoms with Crippen molar-refractivity contribution < 1.29 is 18.7 Å². The Hall–Kier alpha value is -4.28. The van der Waals surface area contributed by atoms with Gasteiger partial charge in [-0.15, -0.1) is 5.10 Å². The lowest BCUT2D eigenvalue weighted by Crippen LogP contribution is -2.39. The van der Waals surface area contributed by atoms with Gasteiger partial charge >= 0.3 is 0 Å². The van der Waals surface area contributed by atoms with Crippen molar-refractivity contribution in [1.82, 2.24) is 19.9 Å². The van der Waals surface area contributed by atoms with Gasteiger partial charge in [-0.1, -0.05) is 65.6 Å². The van der Waals surface area contributed by atoms with Gasteiger partial charge in [-0.05, 0) is 65.2 Å². The number of hydrogen-bond acceptors (Lipinski definition) is 7. The second-order valence-electron chi connectivity index (χ2n) is 9.66. The number of rotatable bonds is 8. The van der Waals surface area contributed by atoms with E-state index in [0.717, 1.165) is 33.9 Å². The molecule has 0 saturated carbocycles. The first-order valence-corrected chi connectivity index (χ1v) is 14.6. The molecule has 2 heterocycles. The number of hydrogen-bond donors (Lipinski definition) is 0. The van der Waals surface area contributed by atoms with Gasteiger partial charge in [0, 0.05) is 36.2 Å².